The number of para-hydroxylation sites is 1. The highest BCUT2D eigenvalue weighted by Gasteiger charge is 2.18. The smallest absolute Gasteiger partial charge is 0.229 e. The molecule has 0 N–H and O–H groups in total. The summed E-state index contributed by atoms with van der Waals surface area (Å²) in [6, 6.07) is 11.6. The fourth-order valence-corrected chi connectivity index (χ4v) is 1.57. The quantitative estimate of drug-likeness (QED) is 0.794. The van der Waals surface area contributed by atoms with Crippen LogP contribution in [-0.2, 0) is 4.79 Å². The lowest BCUT2D eigenvalue weighted by atomic mass is 10.2. The zero-order valence-electron chi connectivity index (χ0n) is 9.30. The maximum absolute atomic E-state index is 13.6. The summed E-state index contributed by atoms with van der Waals surface area (Å²) in [7, 11) is 0. The molecule has 0 aliphatic rings. The molecule has 4 heteroatoms. The van der Waals surface area contributed by atoms with Crippen LogP contribution >= 0.6 is 0 Å². The second-order valence-corrected chi connectivity index (χ2v) is 3.50. The van der Waals surface area contributed by atoms with Crippen molar-refractivity contribution in [1.29, 1.82) is 0 Å². The van der Waals surface area contributed by atoms with Gasteiger partial charge in [0, 0.05) is 13.1 Å². The number of pyridine rings is 1. The van der Waals surface area contributed by atoms with Crippen LogP contribution in [0.25, 0.3) is 0 Å². The Morgan fingerprint density at radius 3 is 2.47 bits per heavy atom. The Bertz CT molecular complexity index is 528. The van der Waals surface area contributed by atoms with E-state index in [4.69, 9.17) is 0 Å². The second-order valence-electron chi connectivity index (χ2n) is 3.50. The van der Waals surface area contributed by atoms with Crippen LogP contribution in [0.15, 0.2) is 48.7 Å². The lowest BCUT2D eigenvalue weighted by Crippen LogP contribution is -2.24. The van der Waals surface area contributed by atoms with Crippen LogP contribution in [0.1, 0.15) is 6.92 Å². The lowest BCUT2D eigenvalue weighted by molar-refractivity contribution is -0.115. The molecule has 0 spiro atoms. The molecule has 0 bridgehead atoms. The fraction of sp³-hybridized carbons (Fsp3) is 0.0769. The highest BCUT2D eigenvalue weighted by Crippen LogP contribution is 2.25. The van der Waals surface area contributed by atoms with Crippen molar-refractivity contribution in [3.8, 4) is 0 Å². The molecule has 0 aliphatic heterocycles. The molecule has 0 saturated carbocycles. The summed E-state index contributed by atoms with van der Waals surface area (Å²) in [5.41, 5.74) is 0.595. The molecule has 86 valence electrons. The minimum atomic E-state index is -0.522. The summed E-state index contributed by atoms with van der Waals surface area (Å²) in [5.74, 6) is -0.786. The van der Waals surface area contributed by atoms with E-state index in [0.717, 1.165) is 0 Å². The summed E-state index contributed by atoms with van der Waals surface area (Å²) in [6.45, 7) is 1.38. The highest BCUT2D eigenvalue weighted by molar-refractivity contribution is 5.98. The molecule has 0 radical (unpaired) electrons. The van der Waals surface area contributed by atoms with Gasteiger partial charge in [0.05, 0.1) is 5.69 Å². The van der Waals surface area contributed by atoms with Gasteiger partial charge in [-0.2, -0.15) is 0 Å². The van der Waals surface area contributed by atoms with Crippen LogP contribution in [0.2, 0.25) is 0 Å². The third-order valence-corrected chi connectivity index (χ3v) is 2.28. The molecule has 1 aromatic carbocycles. The zero-order chi connectivity index (χ0) is 12.3. The molecule has 0 atom stereocenters. The Morgan fingerprint density at radius 1 is 1.18 bits per heavy atom. The molecule has 1 amide bonds. The minimum absolute atomic E-state index is 0.0196. The minimum Gasteiger partial charge on any atom is -0.274 e. The van der Waals surface area contributed by atoms with E-state index in [-0.39, 0.29) is 11.7 Å². The predicted octanol–water partition coefficient (Wildman–Crippen LogP) is 2.91. The van der Waals surface area contributed by atoms with Gasteiger partial charge in [-0.25, -0.2) is 9.37 Å². The van der Waals surface area contributed by atoms with Gasteiger partial charge >= 0.3 is 0 Å². The number of hydrogen-bond donors (Lipinski definition) is 0. The number of amides is 1. The van der Waals surface area contributed by atoms with E-state index in [0.29, 0.717) is 5.69 Å². The van der Waals surface area contributed by atoms with Gasteiger partial charge in [0.15, 0.2) is 11.6 Å². The van der Waals surface area contributed by atoms with Crippen molar-refractivity contribution < 1.29 is 9.18 Å². The molecule has 1 aromatic heterocycles. The molecule has 2 rings (SSSR count). The summed E-state index contributed by atoms with van der Waals surface area (Å²) in [4.78, 5) is 16.8. The van der Waals surface area contributed by atoms with Crippen molar-refractivity contribution in [2.45, 2.75) is 6.92 Å². The summed E-state index contributed by atoms with van der Waals surface area (Å²) in [5, 5.41) is 0. The van der Waals surface area contributed by atoms with E-state index in [1.807, 2.05) is 6.07 Å². The summed E-state index contributed by atoms with van der Waals surface area (Å²) >= 11 is 0. The zero-order valence-corrected chi connectivity index (χ0v) is 9.30. The first-order valence-corrected chi connectivity index (χ1v) is 5.16. The molecular weight excluding hydrogens is 219 g/mol. The number of rotatable bonds is 2. The van der Waals surface area contributed by atoms with Crippen molar-refractivity contribution in [3.05, 3.63) is 54.5 Å². The maximum Gasteiger partial charge on any atom is 0.229 e. The Morgan fingerprint density at radius 2 is 1.88 bits per heavy atom. The van der Waals surface area contributed by atoms with Crippen LogP contribution < -0.4 is 4.90 Å². The van der Waals surface area contributed by atoms with E-state index in [9.17, 15) is 9.18 Å². The number of hydrogen-bond acceptors (Lipinski definition) is 2. The third-order valence-electron chi connectivity index (χ3n) is 2.28. The van der Waals surface area contributed by atoms with Crippen LogP contribution in [0.5, 0.6) is 0 Å². The number of aromatic nitrogens is 1. The summed E-state index contributed by atoms with van der Waals surface area (Å²) in [6.07, 6.45) is 1.46. The first kappa shape index (κ1) is 11.3. The van der Waals surface area contributed by atoms with Crippen LogP contribution in [0.3, 0.4) is 0 Å². The molecule has 2 aromatic rings. The van der Waals surface area contributed by atoms with E-state index >= 15 is 0 Å². The van der Waals surface area contributed by atoms with E-state index in [2.05, 4.69) is 4.98 Å². The molecule has 17 heavy (non-hydrogen) atoms. The number of carbonyl (C=O) groups is 1. The average molecular weight is 230 g/mol. The van der Waals surface area contributed by atoms with Gasteiger partial charge in [-0.3, -0.25) is 9.69 Å². The molecule has 0 saturated heterocycles. The molecule has 0 aliphatic carbocycles. The topological polar surface area (TPSA) is 33.2 Å². The molecule has 1 heterocycles. The van der Waals surface area contributed by atoms with Crippen LogP contribution in [0.4, 0.5) is 15.9 Å². The van der Waals surface area contributed by atoms with Crippen molar-refractivity contribution in [3.63, 3.8) is 0 Å². The van der Waals surface area contributed by atoms with Gasteiger partial charge in [0.1, 0.15) is 0 Å². The Hall–Kier alpha value is -2.23. The van der Waals surface area contributed by atoms with E-state index in [1.54, 1.807) is 24.3 Å². The Labute approximate surface area is 98.5 Å². The van der Waals surface area contributed by atoms with Crippen molar-refractivity contribution in [2.75, 3.05) is 4.90 Å². The SMILES string of the molecule is CC(=O)N(c1ccccc1)c1ncccc1F. The number of carbonyl (C=O) groups excluding carboxylic acids is 1. The standard InChI is InChI=1S/C13H11FN2O/c1-10(17)16(11-6-3-2-4-7-11)13-12(14)8-5-9-15-13/h2-9H,1H3. The predicted molar refractivity (Wildman–Crippen MR) is 63.5 cm³/mol. The number of anilines is 2. The highest BCUT2D eigenvalue weighted by atomic mass is 19.1. The number of halogens is 1. The monoisotopic (exact) mass is 230 g/mol. The molecule has 3 nitrogen and oxygen atoms in total. The van der Waals surface area contributed by atoms with Gasteiger partial charge in [-0.15, -0.1) is 0 Å². The first-order chi connectivity index (χ1) is 8.20. The molecule has 0 unspecified atom stereocenters. The van der Waals surface area contributed by atoms with Gasteiger partial charge < -0.3 is 0 Å². The largest absolute Gasteiger partial charge is 0.274 e. The Kier molecular flexibility index (Phi) is 3.14. The lowest BCUT2D eigenvalue weighted by Gasteiger charge is -2.20. The average Bonchev–Trinajstić information content (AvgIpc) is 2.33. The molecular formula is C13H11FN2O. The Balaban J connectivity index is 2.51. The van der Waals surface area contributed by atoms with Crippen molar-refractivity contribution >= 4 is 17.4 Å². The van der Waals surface area contributed by atoms with Crippen LogP contribution in [0, 0.1) is 5.82 Å². The maximum atomic E-state index is 13.6. The van der Waals surface area contributed by atoms with Gasteiger partial charge in [-0.1, -0.05) is 18.2 Å². The first-order valence-electron chi connectivity index (χ1n) is 5.16. The number of benzene rings is 1. The van der Waals surface area contributed by atoms with E-state index < -0.39 is 5.82 Å². The van der Waals surface area contributed by atoms with E-state index in [1.165, 1.54) is 30.2 Å². The summed E-state index contributed by atoms with van der Waals surface area (Å²) < 4.78 is 13.6. The van der Waals surface area contributed by atoms with Crippen molar-refractivity contribution in [2.24, 2.45) is 0 Å². The second kappa shape index (κ2) is 4.74. The van der Waals surface area contributed by atoms with Gasteiger partial charge in [-0.05, 0) is 24.3 Å². The normalized spacial score (nSPS) is 10.0. The van der Waals surface area contributed by atoms with Crippen molar-refractivity contribution in [1.82, 2.24) is 4.98 Å². The van der Waals surface area contributed by atoms with Gasteiger partial charge in [0.25, 0.3) is 0 Å². The molecule has 0 fully saturated rings. The van der Waals surface area contributed by atoms with Gasteiger partial charge in [0.2, 0.25) is 5.91 Å². The van der Waals surface area contributed by atoms with Crippen LogP contribution in [-0.4, -0.2) is 10.9 Å². The number of nitrogens with zero attached hydrogens (tertiary/aromatic N) is 2. The fourth-order valence-electron chi connectivity index (χ4n) is 1.57. The third kappa shape index (κ3) is 2.30.